The highest BCUT2D eigenvalue weighted by atomic mass is 16.3. The van der Waals surface area contributed by atoms with Crippen molar-refractivity contribution in [2.24, 2.45) is 0 Å². The standard InChI is InChI=1S/C64H45NO/c1-63(2)54-29-13-9-24-49(54)50-40-39-46(41-57(50)63)65(58-32-15-11-23-47(58)42-19-5-3-6-20-42)59-33-18-31-56-61(59)53-26-10-14-30-55(53)64(56,44-21-7-4-8-22-44)45-37-35-43(36-38-45)48-27-17-28-52-51-25-12-16-34-60(51)66-62(48)52/h3-41H,1-2H3. The van der Waals surface area contributed by atoms with Gasteiger partial charge in [0, 0.05) is 38.6 Å². The zero-order valence-corrected chi connectivity index (χ0v) is 36.9. The molecule has 2 heteroatoms. The van der Waals surface area contributed by atoms with E-state index in [0.29, 0.717) is 0 Å². The van der Waals surface area contributed by atoms with Gasteiger partial charge in [0.1, 0.15) is 11.2 Å². The van der Waals surface area contributed by atoms with Gasteiger partial charge in [-0.25, -0.2) is 0 Å². The van der Waals surface area contributed by atoms with E-state index in [0.717, 1.165) is 50.1 Å². The number of rotatable bonds is 7. The Bertz CT molecular complexity index is 3670. The second kappa shape index (κ2) is 14.7. The Kier molecular flexibility index (Phi) is 8.51. The molecule has 10 aromatic carbocycles. The molecular formula is C64H45NO. The van der Waals surface area contributed by atoms with Crippen molar-refractivity contribution >= 4 is 39.0 Å². The molecule has 0 saturated heterocycles. The molecule has 0 amide bonds. The van der Waals surface area contributed by atoms with Crippen molar-refractivity contribution in [3.8, 4) is 44.5 Å². The molecule has 1 atom stereocenters. The van der Waals surface area contributed by atoms with Crippen LogP contribution in [0.5, 0.6) is 0 Å². The van der Waals surface area contributed by atoms with Gasteiger partial charge in [-0.15, -0.1) is 0 Å². The van der Waals surface area contributed by atoms with E-state index in [1.807, 2.05) is 6.07 Å². The molecule has 0 saturated carbocycles. The molecule has 0 bridgehead atoms. The monoisotopic (exact) mass is 843 g/mol. The van der Waals surface area contributed by atoms with Crippen molar-refractivity contribution in [3.05, 3.63) is 270 Å². The fourth-order valence-electron chi connectivity index (χ4n) is 11.6. The smallest absolute Gasteiger partial charge is 0.143 e. The quantitative estimate of drug-likeness (QED) is 0.159. The molecular weight excluding hydrogens is 799 g/mol. The van der Waals surface area contributed by atoms with Crippen molar-refractivity contribution in [2.45, 2.75) is 24.7 Å². The summed E-state index contributed by atoms with van der Waals surface area (Å²) in [6.45, 7) is 4.74. The number of nitrogens with zero attached hydrogens (tertiary/aromatic N) is 1. The second-order valence-electron chi connectivity index (χ2n) is 18.3. The molecule has 1 aromatic heterocycles. The van der Waals surface area contributed by atoms with Crippen LogP contribution in [0.15, 0.2) is 241 Å². The molecule has 0 N–H and O–H groups in total. The summed E-state index contributed by atoms with van der Waals surface area (Å²) in [6.07, 6.45) is 0. The number of hydrogen-bond donors (Lipinski definition) is 0. The number of benzene rings is 10. The first-order valence-electron chi connectivity index (χ1n) is 23.0. The predicted molar refractivity (Wildman–Crippen MR) is 274 cm³/mol. The van der Waals surface area contributed by atoms with Gasteiger partial charge >= 0.3 is 0 Å². The normalized spacial score (nSPS) is 15.3. The minimum absolute atomic E-state index is 0.164. The lowest BCUT2D eigenvalue weighted by molar-refractivity contribution is 0.660. The van der Waals surface area contributed by atoms with Crippen molar-refractivity contribution < 1.29 is 4.42 Å². The summed E-state index contributed by atoms with van der Waals surface area (Å²) in [5.74, 6) is 0. The summed E-state index contributed by atoms with van der Waals surface area (Å²) in [5, 5.41) is 2.27. The maximum atomic E-state index is 6.54. The first kappa shape index (κ1) is 38.3. The van der Waals surface area contributed by atoms with Crippen LogP contribution in [-0.2, 0) is 10.8 Å². The van der Waals surface area contributed by atoms with Gasteiger partial charge in [-0.05, 0) is 91.5 Å². The van der Waals surface area contributed by atoms with E-state index in [9.17, 15) is 0 Å². The SMILES string of the molecule is CC1(C)c2ccccc2-c2ccc(N(c3ccccc3-c3ccccc3)c3cccc4c3-c3ccccc3C4(c3ccccc3)c3ccc(-c4cccc5c4oc4ccccc45)cc3)cc21. The Labute approximate surface area is 385 Å². The third kappa shape index (κ3) is 5.48. The van der Waals surface area contributed by atoms with Crippen LogP contribution in [0.25, 0.3) is 66.4 Å². The first-order valence-corrected chi connectivity index (χ1v) is 23.0. The molecule has 2 nitrogen and oxygen atoms in total. The van der Waals surface area contributed by atoms with Gasteiger partial charge in [-0.2, -0.15) is 0 Å². The maximum Gasteiger partial charge on any atom is 0.143 e. The number of fused-ring (bicyclic) bond motifs is 9. The Morgan fingerprint density at radius 3 is 1.74 bits per heavy atom. The largest absolute Gasteiger partial charge is 0.455 e. The van der Waals surface area contributed by atoms with E-state index >= 15 is 0 Å². The number of anilines is 3. The van der Waals surface area contributed by atoms with Crippen LogP contribution in [0.1, 0.15) is 47.2 Å². The Morgan fingerprint density at radius 1 is 0.364 bits per heavy atom. The van der Waals surface area contributed by atoms with Gasteiger partial charge in [0.25, 0.3) is 0 Å². The predicted octanol–water partition coefficient (Wildman–Crippen LogP) is 17.1. The van der Waals surface area contributed by atoms with Crippen molar-refractivity contribution in [1.29, 1.82) is 0 Å². The van der Waals surface area contributed by atoms with Crippen LogP contribution in [0.4, 0.5) is 17.1 Å². The Hall–Kier alpha value is -8.20. The van der Waals surface area contributed by atoms with Crippen LogP contribution in [0.3, 0.4) is 0 Å². The average molecular weight is 844 g/mol. The zero-order chi connectivity index (χ0) is 44.0. The van der Waals surface area contributed by atoms with Gasteiger partial charge in [0.15, 0.2) is 0 Å². The van der Waals surface area contributed by atoms with Gasteiger partial charge in [-0.1, -0.05) is 220 Å². The molecule has 0 aliphatic heterocycles. The van der Waals surface area contributed by atoms with E-state index in [1.54, 1.807) is 0 Å². The fraction of sp³-hybridized carbons (Fsp3) is 0.0625. The second-order valence-corrected chi connectivity index (χ2v) is 18.3. The molecule has 312 valence electrons. The van der Waals surface area contributed by atoms with Gasteiger partial charge < -0.3 is 9.32 Å². The van der Waals surface area contributed by atoms with Crippen LogP contribution in [-0.4, -0.2) is 0 Å². The summed E-state index contributed by atoms with van der Waals surface area (Å²) in [4.78, 5) is 2.54. The lowest BCUT2D eigenvalue weighted by Crippen LogP contribution is -2.28. The minimum atomic E-state index is -0.612. The summed E-state index contributed by atoms with van der Waals surface area (Å²) >= 11 is 0. The molecule has 2 aliphatic rings. The molecule has 0 fully saturated rings. The van der Waals surface area contributed by atoms with E-state index < -0.39 is 5.41 Å². The molecule has 0 radical (unpaired) electrons. The van der Waals surface area contributed by atoms with E-state index in [2.05, 4.69) is 249 Å². The van der Waals surface area contributed by atoms with E-state index in [-0.39, 0.29) is 5.41 Å². The first-order chi connectivity index (χ1) is 32.5. The Balaban J connectivity index is 1.06. The molecule has 2 aliphatic carbocycles. The minimum Gasteiger partial charge on any atom is -0.455 e. The highest BCUT2D eigenvalue weighted by molar-refractivity contribution is 6.09. The molecule has 13 rings (SSSR count). The third-order valence-electron chi connectivity index (χ3n) is 14.6. The maximum absolute atomic E-state index is 6.54. The van der Waals surface area contributed by atoms with Crippen LogP contribution in [0, 0.1) is 0 Å². The van der Waals surface area contributed by atoms with Crippen LogP contribution < -0.4 is 4.90 Å². The molecule has 11 aromatic rings. The third-order valence-corrected chi connectivity index (χ3v) is 14.6. The van der Waals surface area contributed by atoms with Crippen molar-refractivity contribution in [2.75, 3.05) is 4.90 Å². The van der Waals surface area contributed by atoms with Gasteiger partial charge in [0.05, 0.1) is 16.8 Å². The summed E-state index contributed by atoms with van der Waals surface area (Å²) in [6, 6.07) is 87.1. The fourth-order valence-corrected chi connectivity index (χ4v) is 11.6. The topological polar surface area (TPSA) is 16.4 Å². The molecule has 66 heavy (non-hydrogen) atoms. The van der Waals surface area contributed by atoms with Crippen molar-refractivity contribution in [3.63, 3.8) is 0 Å². The highest BCUT2D eigenvalue weighted by Gasteiger charge is 2.47. The highest BCUT2D eigenvalue weighted by Crippen LogP contribution is 2.60. The summed E-state index contributed by atoms with van der Waals surface area (Å²) < 4.78 is 6.54. The summed E-state index contributed by atoms with van der Waals surface area (Å²) in [5.41, 5.74) is 21.8. The lowest BCUT2D eigenvalue weighted by Gasteiger charge is -2.35. The van der Waals surface area contributed by atoms with E-state index in [4.69, 9.17) is 4.42 Å². The van der Waals surface area contributed by atoms with E-state index in [1.165, 1.54) is 66.8 Å². The molecule has 1 heterocycles. The molecule has 0 spiro atoms. The number of para-hydroxylation sites is 3. The summed E-state index contributed by atoms with van der Waals surface area (Å²) in [7, 11) is 0. The zero-order valence-electron chi connectivity index (χ0n) is 36.9. The Morgan fingerprint density at radius 2 is 0.924 bits per heavy atom. The average Bonchev–Trinajstić information content (AvgIpc) is 3.99. The lowest BCUT2D eigenvalue weighted by atomic mass is 9.67. The van der Waals surface area contributed by atoms with Crippen molar-refractivity contribution in [1.82, 2.24) is 0 Å². The number of furan rings is 1. The van der Waals surface area contributed by atoms with Gasteiger partial charge in [0.2, 0.25) is 0 Å². The number of hydrogen-bond acceptors (Lipinski definition) is 2. The van der Waals surface area contributed by atoms with Gasteiger partial charge in [-0.3, -0.25) is 0 Å². The van der Waals surface area contributed by atoms with Crippen LogP contribution in [0.2, 0.25) is 0 Å². The molecule has 1 unspecified atom stereocenters. The van der Waals surface area contributed by atoms with Crippen LogP contribution >= 0.6 is 0 Å².